The van der Waals surface area contributed by atoms with E-state index in [1.54, 1.807) is 18.3 Å². The predicted octanol–water partition coefficient (Wildman–Crippen LogP) is 4.41. The third-order valence-corrected chi connectivity index (χ3v) is 8.59. The predicted molar refractivity (Wildman–Crippen MR) is 150 cm³/mol. The molecule has 4 heterocycles. The van der Waals surface area contributed by atoms with Crippen LogP contribution in [0, 0.1) is 17.3 Å². The topological polar surface area (TPSA) is 132 Å². The zero-order valence-corrected chi connectivity index (χ0v) is 23.5. The van der Waals surface area contributed by atoms with Crippen LogP contribution in [0.4, 0.5) is 10.1 Å². The number of allylic oxidation sites excluding steroid dienone is 3. The Bertz CT molecular complexity index is 1500. The van der Waals surface area contributed by atoms with Gasteiger partial charge in [0.05, 0.1) is 36.8 Å². The molecule has 0 bridgehead atoms. The summed E-state index contributed by atoms with van der Waals surface area (Å²) in [5.74, 6) is -2.08. The highest BCUT2D eigenvalue weighted by atomic mass is 19.1. The monoisotopic (exact) mass is 560 g/mol. The number of nitrogens with one attached hydrogen (secondary N) is 2. The molecule has 2 amide bonds. The van der Waals surface area contributed by atoms with Crippen LogP contribution >= 0.6 is 0 Å². The maximum absolute atomic E-state index is 14.1. The number of ether oxygens (including phenoxy) is 1. The first kappa shape index (κ1) is 27.2. The van der Waals surface area contributed by atoms with E-state index in [1.807, 2.05) is 33.8 Å². The number of anilines is 1. The van der Waals surface area contributed by atoms with Crippen molar-refractivity contribution in [1.29, 1.82) is 0 Å². The van der Waals surface area contributed by atoms with E-state index in [4.69, 9.17) is 9.37 Å². The summed E-state index contributed by atoms with van der Waals surface area (Å²) in [6.07, 6.45) is 7.36. The molecule has 2 aliphatic carbocycles. The van der Waals surface area contributed by atoms with Crippen LogP contribution in [0.2, 0.25) is 0 Å². The van der Waals surface area contributed by atoms with E-state index in [0.29, 0.717) is 24.5 Å². The number of aromatic nitrogens is 3. The first-order chi connectivity index (χ1) is 19.7. The number of hydrogen-bond donors (Lipinski definition) is 2. The van der Waals surface area contributed by atoms with Crippen molar-refractivity contribution in [2.75, 3.05) is 18.5 Å². The molecule has 2 aliphatic heterocycles. The van der Waals surface area contributed by atoms with Crippen LogP contribution in [0.25, 0.3) is 5.57 Å². The summed E-state index contributed by atoms with van der Waals surface area (Å²) in [6.45, 7) is 8.79. The molecule has 6 rings (SSSR count). The van der Waals surface area contributed by atoms with Crippen LogP contribution in [-0.4, -0.2) is 58.1 Å². The number of amides is 2. The summed E-state index contributed by atoms with van der Waals surface area (Å²) in [4.78, 5) is 36.6. The number of carbonyl (C=O) groups is 2. The average Bonchev–Trinajstić information content (AvgIpc) is 3.37. The summed E-state index contributed by atoms with van der Waals surface area (Å²) in [7, 11) is 0. The number of hydrogen-bond acceptors (Lipinski definition) is 8. The molecule has 1 saturated carbocycles. The Morgan fingerprint density at radius 2 is 1.98 bits per heavy atom. The molecular formula is C30H33FN6O4. The van der Waals surface area contributed by atoms with E-state index in [0.717, 1.165) is 35.4 Å². The fraction of sp³-hybridized carbons (Fsp3) is 0.467. The van der Waals surface area contributed by atoms with E-state index in [-0.39, 0.29) is 34.7 Å². The molecule has 2 N–H and O–H groups in total. The average molecular weight is 561 g/mol. The Morgan fingerprint density at radius 1 is 1.17 bits per heavy atom. The minimum absolute atomic E-state index is 0.0413. The van der Waals surface area contributed by atoms with Crippen molar-refractivity contribution in [3.8, 4) is 0 Å². The van der Waals surface area contributed by atoms with Gasteiger partial charge >= 0.3 is 0 Å². The number of halogens is 1. The first-order valence-corrected chi connectivity index (χ1v) is 14.0. The largest absolute Gasteiger partial charge is 0.373 e. The van der Waals surface area contributed by atoms with E-state index in [9.17, 15) is 14.0 Å². The van der Waals surface area contributed by atoms with E-state index < -0.39 is 24.0 Å². The molecule has 41 heavy (non-hydrogen) atoms. The second-order valence-corrected chi connectivity index (χ2v) is 11.7. The molecule has 214 valence electrons. The van der Waals surface area contributed by atoms with Crippen molar-refractivity contribution in [1.82, 2.24) is 20.6 Å². The lowest BCUT2D eigenvalue weighted by Gasteiger charge is -2.45. The van der Waals surface area contributed by atoms with Crippen molar-refractivity contribution in [3.63, 3.8) is 0 Å². The summed E-state index contributed by atoms with van der Waals surface area (Å²) in [6, 6.07) is 2.68. The third-order valence-electron chi connectivity index (χ3n) is 8.59. The molecule has 2 aromatic heterocycles. The Hall–Kier alpha value is -3.99. The third kappa shape index (κ3) is 5.03. The van der Waals surface area contributed by atoms with Crippen LogP contribution < -0.4 is 10.6 Å². The molecule has 11 heteroatoms. The lowest BCUT2D eigenvalue weighted by molar-refractivity contribution is -0.126. The number of rotatable bonds is 7. The standard InChI is InChI=1S/C30H33FN6O4/c1-15(2)25-27(37-41-36-25)29(39)35-26(24-20-7-5-18(31)11-22(20)40-14-30(24)9-10-30)28(38)34-19-6-8-21(33-13-19)23-16(3)12-32-17(23)4/h5-8,11,13,15,20,22,24,26H,9-10,12,14H2,1-4H3,(H,34,38)(H,35,39)/t20?,22?,24?,26-/m0/s1. The lowest BCUT2D eigenvalue weighted by Crippen LogP contribution is -2.58. The molecule has 4 aliphatic rings. The molecule has 2 aromatic rings. The molecule has 1 saturated heterocycles. The van der Waals surface area contributed by atoms with E-state index in [1.165, 1.54) is 12.2 Å². The maximum atomic E-state index is 14.1. The minimum atomic E-state index is -0.967. The second-order valence-electron chi connectivity index (χ2n) is 11.7. The normalized spacial score (nSPS) is 25.1. The van der Waals surface area contributed by atoms with Gasteiger partial charge in [0, 0.05) is 29.0 Å². The van der Waals surface area contributed by atoms with Crippen LogP contribution in [0.1, 0.15) is 68.3 Å². The highest BCUT2D eigenvalue weighted by Gasteiger charge is 2.60. The molecule has 0 aromatic carbocycles. The van der Waals surface area contributed by atoms with Gasteiger partial charge in [-0.25, -0.2) is 9.02 Å². The van der Waals surface area contributed by atoms with E-state index >= 15 is 0 Å². The number of carbonyl (C=O) groups excluding carboxylic acids is 2. The molecular weight excluding hydrogens is 527 g/mol. The van der Waals surface area contributed by atoms with Crippen molar-refractivity contribution in [3.05, 3.63) is 65.0 Å². The van der Waals surface area contributed by atoms with Crippen LogP contribution in [-0.2, 0) is 9.53 Å². The summed E-state index contributed by atoms with van der Waals surface area (Å²) < 4.78 is 25.1. The maximum Gasteiger partial charge on any atom is 0.276 e. The summed E-state index contributed by atoms with van der Waals surface area (Å²) in [5.41, 5.74) is 4.52. The summed E-state index contributed by atoms with van der Waals surface area (Å²) >= 11 is 0. The highest BCUT2D eigenvalue weighted by molar-refractivity contribution is 6.24. The lowest BCUT2D eigenvalue weighted by atomic mass is 9.69. The van der Waals surface area contributed by atoms with Gasteiger partial charge in [0.25, 0.3) is 5.91 Å². The number of pyridine rings is 1. The molecule has 4 atom stereocenters. The van der Waals surface area contributed by atoms with Gasteiger partial charge in [0.2, 0.25) is 5.91 Å². The van der Waals surface area contributed by atoms with Gasteiger partial charge < -0.3 is 15.4 Å². The quantitative estimate of drug-likeness (QED) is 0.513. The van der Waals surface area contributed by atoms with Crippen LogP contribution in [0.15, 0.2) is 57.6 Å². The second kappa shape index (κ2) is 10.4. The van der Waals surface area contributed by atoms with Crippen molar-refractivity contribution in [2.24, 2.45) is 22.2 Å². The SMILES string of the molecule is CC1=NCC(C)=C1c1ccc(NC(=O)[C@@H](NC(=O)c2nonc2C(C)C)C2C3C=CC(F)=CC3OCC23CC3)cn1. The van der Waals surface area contributed by atoms with Gasteiger partial charge in [-0.2, -0.15) is 0 Å². The van der Waals surface area contributed by atoms with Gasteiger partial charge in [-0.1, -0.05) is 25.1 Å². The van der Waals surface area contributed by atoms with Crippen molar-refractivity contribution < 1.29 is 23.3 Å². The molecule has 10 nitrogen and oxygen atoms in total. The van der Waals surface area contributed by atoms with Crippen LogP contribution in [0.3, 0.4) is 0 Å². The Morgan fingerprint density at radius 3 is 2.63 bits per heavy atom. The first-order valence-electron chi connectivity index (χ1n) is 14.0. The Kier molecular flexibility index (Phi) is 6.93. The van der Waals surface area contributed by atoms with Crippen molar-refractivity contribution in [2.45, 2.75) is 58.6 Å². The Labute approximate surface area is 237 Å². The Balaban J connectivity index is 1.31. The van der Waals surface area contributed by atoms with Gasteiger partial charge in [0.15, 0.2) is 5.69 Å². The van der Waals surface area contributed by atoms with Crippen molar-refractivity contribution >= 4 is 28.8 Å². The zero-order valence-electron chi connectivity index (χ0n) is 23.5. The van der Waals surface area contributed by atoms with Gasteiger partial charge in [-0.15, -0.1) is 0 Å². The molecule has 0 radical (unpaired) electrons. The van der Waals surface area contributed by atoms with Crippen LogP contribution in [0.5, 0.6) is 0 Å². The van der Waals surface area contributed by atoms with E-state index in [2.05, 4.69) is 30.9 Å². The fourth-order valence-corrected chi connectivity index (χ4v) is 6.30. The minimum Gasteiger partial charge on any atom is -0.373 e. The number of nitrogens with zero attached hydrogens (tertiary/aromatic N) is 4. The molecule has 1 spiro atoms. The highest BCUT2D eigenvalue weighted by Crippen LogP contribution is 2.60. The zero-order chi connectivity index (χ0) is 28.9. The van der Waals surface area contributed by atoms with Gasteiger partial charge in [-0.05, 0) is 67.1 Å². The molecule has 2 fully saturated rings. The van der Waals surface area contributed by atoms with Gasteiger partial charge in [0.1, 0.15) is 17.6 Å². The fourth-order valence-electron chi connectivity index (χ4n) is 6.30. The number of fused-ring (bicyclic) bond motifs is 1. The van der Waals surface area contributed by atoms with Gasteiger partial charge in [-0.3, -0.25) is 19.6 Å². The smallest absolute Gasteiger partial charge is 0.276 e. The molecule has 3 unspecified atom stereocenters. The summed E-state index contributed by atoms with van der Waals surface area (Å²) in [5, 5.41) is 13.6. The number of aliphatic imine (C=N–C) groups is 1.